The molecule has 0 atom stereocenters. The van der Waals surface area contributed by atoms with Crippen LogP contribution >= 0.6 is 0 Å². The number of benzene rings is 3. The smallest absolute Gasteiger partial charge is 0.149 e. The van der Waals surface area contributed by atoms with Gasteiger partial charge in [0.25, 0.3) is 0 Å². The van der Waals surface area contributed by atoms with Crippen LogP contribution in [0.3, 0.4) is 0 Å². The van der Waals surface area contributed by atoms with Gasteiger partial charge in [0.2, 0.25) is 0 Å². The summed E-state index contributed by atoms with van der Waals surface area (Å²) in [7, 11) is 0. The molecule has 5 rings (SSSR count). The van der Waals surface area contributed by atoms with E-state index in [0.29, 0.717) is 0 Å². The summed E-state index contributed by atoms with van der Waals surface area (Å²) in [6, 6.07) is 25.1. The second-order valence-corrected chi connectivity index (χ2v) is 8.01. The third-order valence-corrected chi connectivity index (χ3v) is 5.12. The Labute approximate surface area is 158 Å². The lowest BCUT2D eigenvalue weighted by molar-refractivity contribution is 0.591. The molecule has 0 saturated heterocycles. The summed E-state index contributed by atoms with van der Waals surface area (Å²) in [5, 5.41) is 1.07. The maximum atomic E-state index is 5.09. The molecule has 0 aliphatic heterocycles. The minimum absolute atomic E-state index is 0.0205. The first-order valence-corrected chi connectivity index (χ1v) is 9.30. The van der Waals surface area contributed by atoms with Crippen LogP contribution < -0.4 is 0 Å². The molecule has 5 aromatic rings. The van der Waals surface area contributed by atoms with Crippen LogP contribution in [-0.4, -0.2) is 14.4 Å². The standard InChI is InChI=1S/C24H21N3/c1-24(2,3)18-12-6-4-10-16(18)22-25-19-13-7-5-11-17(19)23-26-20-14-8-9-15-21(20)27(22)23/h4-15H,1-3H3. The Balaban J connectivity index is 2.01. The number of aromatic nitrogens is 3. The van der Waals surface area contributed by atoms with Gasteiger partial charge in [-0.1, -0.05) is 69.3 Å². The fraction of sp³-hybridized carbons (Fsp3) is 0.167. The normalized spacial score (nSPS) is 12.3. The van der Waals surface area contributed by atoms with Gasteiger partial charge in [-0.25, -0.2) is 9.97 Å². The van der Waals surface area contributed by atoms with E-state index >= 15 is 0 Å². The van der Waals surface area contributed by atoms with Gasteiger partial charge in [0, 0.05) is 10.9 Å². The minimum Gasteiger partial charge on any atom is -0.276 e. The van der Waals surface area contributed by atoms with E-state index in [2.05, 4.69) is 79.8 Å². The zero-order chi connectivity index (χ0) is 18.6. The predicted octanol–water partition coefficient (Wildman–Crippen LogP) is 6.00. The predicted molar refractivity (Wildman–Crippen MR) is 112 cm³/mol. The molecule has 0 unspecified atom stereocenters. The third-order valence-electron chi connectivity index (χ3n) is 5.12. The number of para-hydroxylation sites is 3. The summed E-state index contributed by atoms with van der Waals surface area (Å²) >= 11 is 0. The number of fused-ring (bicyclic) bond motifs is 5. The lowest BCUT2D eigenvalue weighted by atomic mass is 9.83. The Morgan fingerprint density at radius 1 is 0.704 bits per heavy atom. The molecule has 0 fully saturated rings. The Bertz CT molecular complexity index is 1310. The van der Waals surface area contributed by atoms with E-state index in [1.165, 1.54) is 5.56 Å². The minimum atomic E-state index is 0.0205. The highest BCUT2D eigenvalue weighted by Gasteiger charge is 2.22. The fourth-order valence-corrected chi connectivity index (χ4v) is 3.86. The van der Waals surface area contributed by atoms with E-state index in [-0.39, 0.29) is 5.41 Å². The molecule has 3 heteroatoms. The topological polar surface area (TPSA) is 30.2 Å². The maximum Gasteiger partial charge on any atom is 0.149 e. The van der Waals surface area contributed by atoms with Crippen LogP contribution in [0.15, 0.2) is 72.8 Å². The van der Waals surface area contributed by atoms with Gasteiger partial charge >= 0.3 is 0 Å². The molecule has 3 nitrogen and oxygen atoms in total. The summed E-state index contributed by atoms with van der Waals surface area (Å²) in [5.74, 6) is 0.947. The van der Waals surface area contributed by atoms with Crippen molar-refractivity contribution < 1.29 is 0 Å². The summed E-state index contributed by atoms with van der Waals surface area (Å²) in [5.41, 5.74) is 6.47. The number of rotatable bonds is 1. The number of imidazole rings is 1. The van der Waals surface area contributed by atoms with E-state index in [0.717, 1.165) is 39.0 Å². The summed E-state index contributed by atoms with van der Waals surface area (Å²) in [4.78, 5) is 10.0. The average molecular weight is 351 g/mol. The highest BCUT2D eigenvalue weighted by molar-refractivity contribution is 5.98. The molecule has 3 aromatic carbocycles. The summed E-state index contributed by atoms with van der Waals surface area (Å²) in [6.45, 7) is 6.74. The summed E-state index contributed by atoms with van der Waals surface area (Å²) < 4.78 is 2.21. The SMILES string of the molecule is CC(C)(C)c1ccccc1-c1nc2ccccc2c2nc3ccccc3n12. The van der Waals surface area contributed by atoms with Crippen LogP contribution in [0.25, 0.3) is 39.0 Å². The third kappa shape index (κ3) is 2.42. The van der Waals surface area contributed by atoms with E-state index in [1.807, 2.05) is 18.2 Å². The van der Waals surface area contributed by atoms with Gasteiger partial charge in [-0.3, -0.25) is 4.40 Å². The fourth-order valence-electron chi connectivity index (χ4n) is 3.86. The van der Waals surface area contributed by atoms with E-state index in [4.69, 9.17) is 9.97 Å². The zero-order valence-corrected chi connectivity index (χ0v) is 15.8. The lowest BCUT2D eigenvalue weighted by Gasteiger charge is -2.23. The molecular weight excluding hydrogens is 330 g/mol. The van der Waals surface area contributed by atoms with E-state index in [1.54, 1.807) is 0 Å². The van der Waals surface area contributed by atoms with Gasteiger partial charge in [-0.2, -0.15) is 0 Å². The van der Waals surface area contributed by atoms with Crippen LogP contribution in [0, 0.1) is 0 Å². The molecule has 132 valence electrons. The molecule has 0 amide bonds. The van der Waals surface area contributed by atoms with Crippen molar-refractivity contribution in [1.82, 2.24) is 14.4 Å². The first kappa shape index (κ1) is 16.0. The van der Waals surface area contributed by atoms with Gasteiger partial charge in [0.1, 0.15) is 11.5 Å². The molecule has 0 spiro atoms. The van der Waals surface area contributed by atoms with Crippen LogP contribution in [0.1, 0.15) is 26.3 Å². The number of nitrogens with zero attached hydrogens (tertiary/aromatic N) is 3. The monoisotopic (exact) mass is 351 g/mol. The second kappa shape index (κ2) is 5.65. The molecule has 0 aliphatic carbocycles. The van der Waals surface area contributed by atoms with Crippen molar-refractivity contribution in [3.8, 4) is 11.4 Å². The number of hydrogen-bond donors (Lipinski definition) is 0. The zero-order valence-electron chi connectivity index (χ0n) is 15.8. The lowest BCUT2D eigenvalue weighted by Crippen LogP contribution is -2.14. The van der Waals surface area contributed by atoms with Gasteiger partial charge in [0.05, 0.1) is 16.6 Å². The first-order chi connectivity index (χ1) is 13.0. The Kier molecular flexibility index (Phi) is 3.35. The van der Waals surface area contributed by atoms with Crippen LogP contribution in [0.4, 0.5) is 0 Å². The summed E-state index contributed by atoms with van der Waals surface area (Å²) in [6.07, 6.45) is 0. The molecule has 2 heterocycles. The van der Waals surface area contributed by atoms with Gasteiger partial charge < -0.3 is 0 Å². The van der Waals surface area contributed by atoms with Crippen LogP contribution in [0.2, 0.25) is 0 Å². The molecular formula is C24H21N3. The molecule has 27 heavy (non-hydrogen) atoms. The van der Waals surface area contributed by atoms with Crippen molar-refractivity contribution in [2.24, 2.45) is 0 Å². The largest absolute Gasteiger partial charge is 0.276 e. The van der Waals surface area contributed by atoms with Crippen molar-refractivity contribution in [2.75, 3.05) is 0 Å². The van der Waals surface area contributed by atoms with Crippen molar-refractivity contribution >= 4 is 27.6 Å². The molecule has 0 saturated carbocycles. The van der Waals surface area contributed by atoms with Crippen LogP contribution in [-0.2, 0) is 5.41 Å². The first-order valence-electron chi connectivity index (χ1n) is 9.30. The Morgan fingerprint density at radius 2 is 1.37 bits per heavy atom. The van der Waals surface area contributed by atoms with Gasteiger partial charge in [-0.05, 0) is 35.2 Å². The quantitative estimate of drug-likeness (QED) is 0.371. The molecule has 0 radical (unpaired) electrons. The molecule has 2 aromatic heterocycles. The molecule has 0 bridgehead atoms. The van der Waals surface area contributed by atoms with Crippen molar-refractivity contribution in [1.29, 1.82) is 0 Å². The second-order valence-electron chi connectivity index (χ2n) is 8.01. The van der Waals surface area contributed by atoms with Gasteiger partial charge in [0.15, 0.2) is 0 Å². The van der Waals surface area contributed by atoms with Crippen molar-refractivity contribution in [3.05, 3.63) is 78.4 Å². The average Bonchev–Trinajstić information content (AvgIpc) is 3.07. The van der Waals surface area contributed by atoms with Crippen molar-refractivity contribution in [2.45, 2.75) is 26.2 Å². The maximum absolute atomic E-state index is 5.09. The van der Waals surface area contributed by atoms with E-state index < -0.39 is 0 Å². The van der Waals surface area contributed by atoms with E-state index in [9.17, 15) is 0 Å². The number of hydrogen-bond acceptors (Lipinski definition) is 2. The Hall–Kier alpha value is -3.20. The molecule has 0 aliphatic rings. The van der Waals surface area contributed by atoms with Crippen molar-refractivity contribution in [3.63, 3.8) is 0 Å². The Morgan fingerprint density at radius 3 is 2.19 bits per heavy atom. The highest BCUT2D eigenvalue weighted by Crippen LogP contribution is 2.35. The van der Waals surface area contributed by atoms with Gasteiger partial charge in [-0.15, -0.1) is 0 Å². The van der Waals surface area contributed by atoms with Crippen LogP contribution in [0.5, 0.6) is 0 Å². The molecule has 0 N–H and O–H groups in total. The highest BCUT2D eigenvalue weighted by atomic mass is 15.1.